The molecule has 5 nitrogen and oxygen atoms in total. The Morgan fingerprint density at radius 2 is 2.47 bits per heavy atom. The second kappa shape index (κ2) is 4.04. The van der Waals surface area contributed by atoms with Crippen molar-refractivity contribution in [3.05, 3.63) is 24.7 Å². The van der Waals surface area contributed by atoms with Crippen LogP contribution in [-0.4, -0.2) is 23.1 Å². The average Bonchev–Trinajstić information content (AvgIpc) is 2.71. The minimum atomic E-state index is -0.362. The van der Waals surface area contributed by atoms with Crippen LogP contribution in [0.1, 0.15) is 20.3 Å². The molecule has 2 aliphatic heterocycles. The zero-order chi connectivity index (χ0) is 10.7. The second-order valence-corrected chi connectivity index (χ2v) is 3.91. The van der Waals surface area contributed by atoms with Crippen molar-refractivity contribution in [3.8, 4) is 0 Å². The summed E-state index contributed by atoms with van der Waals surface area (Å²) >= 11 is 0. The minimum absolute atomic E-state index is 0.354. The molecule has 0 saturated carbocycles. The molecule has 82 valence electrons. The molecule has 0 spiro atoms. The molecule has 0 aliphatic carbocycles. The van der Waals surface area contributed by atoms with Gasteiger partial charge in [-0.25, -0.2) is 0 Å². The molecule has 0 aromatic rings. The van der Waals surface area contributed by atoms with E-state index >= 15 is 0 Å². The Labute approximate surface area is 89.4 Å². The SMILES string of the molecule is CC(C)NC1(N2NC=CO2)C=CN=CC1. The molecule has 0 bridgehead atoms. The summed E-state index contributed by atoms with van der Waals surface area (Å²) in [5, 5.41) is 5.15. The maximum Gasteiger partial charge on any atom is 0.153 e. The highest BCUT2D eigenvalue weighted by Crippen LogP contribution is 2.22. The predicted molar refractivity (Wildman–Crippen MR) is 58.5 cm³/mol. The molecule has 5 heteroatoms. The van der Waals surface area contributed by atoms with Crippen LogP contribution in [0.25, 0.3) is 0 Å². The van der Waals surface area contributed by atoms with Crippen LogP contribution in [0.5, 0.6) is 0 Å². The third-order valence-electron chi connectivity index (χ3n) is 2.27. The van der Waals surface area contributed by atoms with Crippen LogP contribution in [0.15, 0.2) is 29.7 Å². The number of aliphatic imine (C=N–C) groups is 1. The van der Waals surface area contributed by atoms with E-state index in [2.05, 4.69) is 29.6 Å². The number of nitrogens with zero attached hydrogens (tertiary/aromatic N) is 2. The lowest BCUT2D eigenvalue weighted by molar-refractivity contribution is -0.186. The molecule has 0 fully saturated rings. The van der Waals surface area contributed by atoms with Crippen LogP contribution < -0.4 is 10.7 Å². The van der Waals surface area contributed by atoms with E-state index in [0.717, 1.165) is 6.42 Å². The van der Waals surface area contributed by atoms with Crippen molar-refractivity contribution < 1.29 is 4.84 Å². The molecule has 2 rings (SSSR count). The molecular weight excluding hydrogens is 192 g/mol. The van der Waals surface area contributed by atoms with Gasteiger partial charge in [-0.1, -0.05) is 0 Å². The third-order valence-corrected chi connectivity index (χ3v) is 2.27. The molecule has 0 aromatic heterocycles. The van der Waals surface area contributed by atoms with Gasteiger partial charge >= 0.3 is 0 Å². The normalized spacial score (nSPS) is 29.5. The van der Waals surface area contributed by atoms with E-state index in [1.165, 1.54) is 0 Å². The molecule has 0 aromatic carbocycles. The first-order chi connectivity index (χ1) is 7.23. The molecule has 0 saturated heterocycles. The lowest BCUT2D eigenvalue weighted by Gasteiger charge is -2.39. The summed E-state index contributed by atoms with van der Waals surface area (Å²) in [5.41, 5.74) is 2.67. The maximum atomic E-state index is 5.36. The third kappa shape index (κ3) is 2.03. The van der Waals surface area contributed by atoms with Crippen LogP contribution in [0.2, 0.25) is 0 Å². The first-order valence-electron chi connectivity index (χ1n) is 5.08. The van der Waals surface area contributed by atoms with Gasteiger partial charge in [0.15, 0.2) is 5.66 Å². The molecule has 2 aliphatic rings. The Bertz CT molecular complexity index is 303. The van der Waals surface area contributed by atoms with Gasteiger partial charge in [0, 0.05) is 24.9 Å². The van der Waals surface area contributed by atoms with E-state index in [0.29, 0.717) is 6.04 Å². The number of hydrazine groups is 1. The van der Waals surface area contributed by atoms with Crippen molar-refractivity contribution in [1.82, 2.24) is 15.9 Å². The van der Waals surface area contributed by atoms with Crippen LogP contribution in [-0.2, 0) is 4.84 Å². The van der Waals surface area contributed by atoms with Gasteiger partial charge in [0.05, 0.1) is 6.20 Å². The van der Waals surface area contributed by atoms with Crippen molar-refractivity contribution in [3.63, 3.8) is 0 Å². The average molecular weight is 208 g/mol. The largest absolute Gasteiger partial charge is 0.390 e. The van der Waals surface area contributed by atoms with Crippen LogP contribution >= 0.6 is 0 Å². The van der Waals surface area contributed by atoms with E-state index in [4.69, 9.17) is 4.84 Å². The standard InChI is InChI=1S/C10H16N4O/c1-9(2)13-10(3-5-11-6-4-10)14-12-7-8-15-14/h3,5-9,12-13H,4H2,1-2H3. The van der Waals surface area contributed by atoms with Gasteiger partial charge in [-0.05, 0) is 25.1 Å². The van der Waals surface area contributed by atoms with Crippen LogP contribution in [0.4, 0.5) is 0 Å². The van der Waals surface area contributed by atoms with Crippen LogP contribution in [0, 0.1) is 0 Å². The minimum Gasteiger partial charge on any atom is -0.390 e. The zero-order valence-corrected chi connectivity index (χ0v) is 8.97. The van der Waals surface area contributed by atoms with Gasteiger partial charge in [0.1, 0.15) is 6.26 Å². The van der Waals surface area contributed by atoms with Crippen molar-refractivity contribution in [2.75, 3.05) is 0 Å². The Hall–Kier alpha value is -1.33. The first-order valence-corrected chi connectivity index (χ1v) is 5.08. The fourth-order valence-corrected chi connectivity index (χ4v) is 1.73. The predicted octanol–water partition coefficient (Wildman–Crippen LogP) is 0.892. The highest BCUT2D eigenvalue weighted by atomic mass is 16.7. The monoisotopic (exact) mass is 208 g/mol. The summed E-state index contributed by atoms with van der Waals surface area (Å²) in [6, 6.07) is 0.354. The van der Waals surface area contributed by atoms with Crippen molar-refractivity contribution in [2.45, 2.75) is 32.0 Å². The van der Waals surface area contributed by atoms with Gasteiger partial charge in [0.25, 0.3) is 0 Å². The molecule has 15 heavy (non-hydrogen) atoms. The smallest absolute Gasteiger partial charge is 0.153 e. The fraction of sp³-hybridized carbons (Fsp3) is 0.500. The van der Waals surface area contributed by atoms with E-state index in [9.17, 15) is 0 Å². The van der Waals surface area contributed by atoms with Gasteiger partial charge in [-0.3, -0.25) is 15.7 Å². The van der Waals surface area contributed by atoms with E-state index in [1.807, 2.05) is 12.3 Å². The molecule has 0 amide bonds. The zero-order valence-electron chi connectivity index (χ0n) is 8.97. The summed E-state index contributed by atoms with van der Waals surface area (Å²) in [7, 11) is 0. The topological polar surface area (TPSA) is 48.9 Å². The van der Waals surface area contributed by atoms with Gasteiger partial charge in [-0.2, -0.15) is 0 Å². The molecule has 2 heterocycles. The Morgan fingerprint density at radius 3 is 3.00 bits per heavy atom. The van der Waals surface area contributed by atoms with Gasteiger partial charge in [-0.15, -0.1) is 0 Å². The molecular formula is C10H16N4O. The summed E-state index contributed by atoms with van der Waals surface area (Å²) in [5.74, 6) is 0. The first kappa shape index (κ1) is 10.2. The quantitative estimate of drug-likeness (QED) is 0.723. The molecule has 1 atom stereocenters. The Balaban J connectivity index is 2.15. The highest BCUT2D eigenvalue weighted by Gasteiger charge is 2.38. The van der Waals surface area contributed by atoms with Gasteiger partial charge in [0.2, 0.25) is 0 Å². The number of hydroxylamine groups is 1. The maximum absolute atomic E-state index is 5.36. The number of rotatable bonds is 3. The van der Waals surface area contributed by atoms with E-state index in [-0.39, 0.29) is 5.66 Å². The number of hydrogen-bond donors (Lipinski definition) is 2. The fourth-order valence-electron chi connectivity index (χ4n) is 1.73. The van der Waals surface area contributed by atoms with Crippen molar-refractivity contribution >= 4 is 6.21 Å². The summed E-state index contributed by atoms with van der Waals surface area (Å²) in [6.45, 7) is 4.20. The van der Waals surface area contributed by atoms with E-state index < -0.39 is 0 Å². The van der Waals surface area contributed by atoms with Crippen LogP contribution in [0.3, 0.4) is 0 Å². The summed E-state index contributed by atoms with van der Waals surface area (Å²) < 4.78 is 0. The number of nitrogens with one attached hydrogen (secondary N) is 2. The highest BCUT2D eigenvalue weighted by molar-refractivity contribution is 5.62. The van der Waals surface area contributed by atoms with Crippen molar-refractivity contribution in [1.29, 1.82) is 0 Å². The summed E-state index contributed by atoms with van der Waals surface area (Å²) in [4.78, 5) is 9.44. The lowest BCUT2D eigenvalue weighted by Crippen LogP contribution is -2.61. The molecule has 0 radical (unpaired) electrons. The Kier molecular flexibility index (Phi) is 2.75. The van der Waals surface area contributed by atoms with Gasteiger partial charge < -0.3 is 4.84 Å². The Morgan fingerprint density at radius 1 is 1.60 bits per heavy atom. The molecule has 2 N–H and O–H groups in total. The second-order valence-electron chi connectivity index (χ2n) is 3.91. The lowest BCUT2D eigenvalue weighted by atomic mass is 10.0. The number of hydrogen-bond acceptors (Lipinski definition) is 5. The van der Waals surface area contributed by atoms with Crippen molar-refractivity contribution in [2.24, 2.45) is 4.99 Å². The van der Waals surface area contributed by atoms with E-state index in [1.54, 1.807) is 23.8 Å². The molecule has 1 unspecified atom stereocenters. The summed E-state index contributed by atoms with van der Waals surface area (Å²) in [6.07, 6.45) is 9.77.